The first kappa shape index (κ1) is 61.3. The molecule has 2 heterocycles. The molecule has 9 amide bonds. The minimum atomic E-state index is -1.80. The number of aromatic hydroxyl groups is 2. The highest BCUT2D eigenvalue weighted by Gasteiger charge is 2.36. The van der Waals surface area contributed by atoms with E-state index in [-0.39, 0.29) is 80.7 Å². The van der Waals surface area contributed by atoms with Gasteiger partial charge in [-0.2, -0.15) is 0 Å². The quantitative estimate of drug-likeness (QED) is 0.0430. The molecule has 26 heteroatoms. The molecule has 0 saturated carbocycles. The van der Waals surface area contributed by atoms with Crippen LogP contribution in [0.2, 0.25) is 5.02 Å². The maximum Gasteiger partial charge on any atom is 0.248 e. The number of benzene rings is 4. The Morgan fingerprint density at radius 2 is 1.25 bits per heavy atom. The van der Waals surface area contributed by atoms with Gasteiger partial charge in [0.15, 0.2) is 0 Å². The van der Waals surface area contributed by atoms with Gasteiger partial charge in [-0.15, -0.1) is 5.10 Å². The van der Waals surface area contributed by atoms with Crippen molar-refractivity contribution in [2.24, 2.45) is 17.2 Å². The second-order valence-corrected chi connectivity index (χ2v) is 20.0. The Morgan fingerprint density at radius 1 is 0.704 bits per heavy atom. The van der Waals surface area contributed by atoms with Gasteiger partial charge in [0.2, 0.25) is 53.2 Å². The van der Waals surface area contributed by atoms with E-state index < -0.39 is 108 Å². The number of primary amides is 2. The van der Waals surface area contributed by atoms with Crippen molar-refractivity contribution in [1.82, 2.24) is 52.2 Å². The third-order valence-electron chi connectivity index (χ3n) is 13.2. The van der Waals surface area contributed by atoms with Crippen LogP contribution in [-0.4, -0.2) is 138 Å². The molecule has 1 aliphatic heterocycles. The Morgan fingerprint density at radius 3 is 1.81 bits per heavy atom. The zero-order chi connectivity index (χ0) is 58.8. The molecule has 0 radical (unpaired) electrons. The molecule has 81 heavy (non-hydrogen) atoms. The van der Waals surface area contributed by atoms with E-state index in [1.165, 1.54) is 85.9 Å². The monoisotopic (exact) mass is 1140 g/mol. The second-order valence-electron chi connectivity index (χ2n) is 19.6. The molecular formula is C55H66ClN13O12. The number of phenols is 2. The van der Waals surface area contributed by atoms with E-state index in [9.17, 15) is 58.5 Å². The molecule has 2 bridgehead atoms. The fourth-order valence-corrected chi connectivity index (χ4v) is 8.81. The fraction of sp³-hybridized carbons (Fsp3) is 0.364. The average molecular weight is 1140 g/mol. The number of nitrogens with one attached hydrogen (secondary N) is 7. The third-order valence-corrected chi connectivity index (χ3v) is 13.5. The first-order chi connectivity index (χ1) is 38.6. The van der Waals surface area contributed by atoms with E-state index in [4.69, 9.17) is 28.8 Å². The predicted molar refractivity (Wildman–Crippen MR) is 293 cm³/mol. The van der Waals surface area contributed by atoms with Gasteiger partial charge in [-0.1, -0.05) is 65.3 Å². The molecule has 2 unspecified atom stereocenters. The summed E-state index contributed by atoms with van der Waals surface area (Å²) in [5.74, 6) is -8.21. The molecule has 1 aliphatic rings. The lowest BCUT2D eigenvalue weighted by atomic mass is 10.00. The largest absolute Gasteiger partial charge is 0.508 e. The Hall–Kier alpha value is -8.94. The molecule has 25 nitrogen and oxygen atoms in total. The van der Waals surface area contributed by atoms with Crippen molar-refractivity contribution in [3.05, 3.63) is 142 Å². The SMILES string of the molecule is CC(O)C1NC(=O)[C@H](CCCCN)NC(=O)[C@@H](Cc2ccc(C(N)=O)cc2)NC(=O)[C@H](Cc2ccc(O)cc2)NC(=O)[C@H](NC(=O)CCc2ccc(Cl)cc2)Cc2cn(nn2)C[C@@H](C(=O)N[C@H](Cc2ccc(O)cc2)C(N)=O)NC1=O. The third kappa shape index (κ3) is 18.9. The molecular weight excluding hydrogens is 1070 g/mol. The number of nitrogens with zero attached hydrogens (tertiary/aromatic N) is 3. The maximum atomic E-state index is 14.8. The normalized spacial score (nSPS) is 20.1. The minimum Gasteiger partial charge on any atom is -0.508 e. The number of rotatable bonds is 19. The van der Waals surface area contributed by atoms with Crippen LogP contribution in [0.1, 0.15) is 70.9 Å². The zero-order valence-corrected chi connectivity index (χ0v) is 44.9. The van der Waals surface area contributed by atoms with Crippen molar-refractivity contribution in [2.75, 3.05) is 6.54 Å². The van der Waals surface area contributed by atoms with E-state index in [2.05, 4.69) is 47.5 Å². The van der Waals surface area contributed by atoms with E-state index in [1.54, 1.807) is 24.3 Å². The van der Waals surface area contributed by atoms with Gasteiger partial charge < -0.3 is 69.7 Å². The number of hydrogen-bond donors (Lipinski definition) is 13. The number of nitrogens with two attached hydrogens (primary N) is 3. The summed E-state index contributed by atoms with van der Waals surface area (Å²) in [4.78, 5) is 126. The number of halogens is 1. The Balaban J connectivity index is 1.43. The standard InChI is InChI=1S/C55H66ClN13O12/c1-30(70)47-55(81)65-45(54(80)62-41(49(59)75)24-33-9-18-38(71)19-10-33)29-69-28-37(67-68-69)27-44(60-46(73)22-13-31-7-16-36(56)17-8-31)53(79)64-43(26-34-11-20-39(72)21-12-34)52(78)63-42(25-32-5-14-35(15-6-32)48(58)74)51(77)61-40(50(76)66-47)4-2-3-23-57/h5-12,14-21,28,30,40-45,47,70-72H,2-4,13,22-27,29,57H2,1H3,(H2,58,74)(H2,59,75)(H,60,73)(H,61,77)(H,62,80)(H,63,78)(H,64,79)(H,65,81)(H,66,76)/t30?,40-,41+,42+,43-,44+,45-,47?/m0/s1. The van der Waals surface area contributed by atoms with E-state index >= 15 is 0 Å². The molecule has 430 valence electrons. The van der Waals surface area contributed by atoms with Crippen LogP contribution >= 0.6 is 11.6 Å². The van der Waals surface area contributed by atoms with E-state index in [0.29, 0.717) is 28.1 Å². The van der Waals surface area contributed by atoms with Gasteiger partial charge in [-0.25, -0.2) is 4.68 Å². The number of aliphatic hydroxyl groups excluding tert-OH is 1. The summed E-state index contributed by atoms with van der Waals surface area (Å²) in [6.07, 6.45) is -0.638. The van der Waals surface area contributed by atoms with Crippen LogP contribution in [0.25, 0.3) is 0 Å². The van der Waals surface area contributed by atoms with Crippen LogP contribution in [0.15, 0.2) is 103 Å². The van der Waals surface area contributed by atoms with Crippen LogP contribution in [0, 0.1) is 0 Å². The number of phenolic OH excluding ortho intramolecular Hbond substituents is 2. The molecule has 8 atom stereocenters. The number of amides is 9. The summed E-state index contributed by atoms with van der Waals surface area (Å²) in [7, 11) is 0. The number of fused-ring (bicyclic) bond motifs is 2. The van der Waals surface area contributed by atoms with Crippen molar-refractivity contribution in [3.8, 4) is 11.5 Å². The highest BCUT2D eigenvalue weighted by molar-refractivity contribution is 6.30. The Bertz CT molecular complexity index is 3020. The van der Waals surface area contributed by atoms with Gasteiger partial charge in [0.05, 0.1) is 18.3 Å². The summed E-state index contributed by atoms with van der Waals surface area (Å²) in [5, 5.41) is 58.2. The average Bonchev–Trinajstić information content (AvgIpc) is 3.97. The lowest BCUT2D eigenvalue weighted by Gasteiger charge is -2.28. The Kier molecular flexibility index (Phi) is 22.2. The number of carbonyl (C=O) groups is 9. The number of aryl methyl sites for hydroxylation is 1. The minimum absolute atomic E-state index is 0.0558. The van der Waals surface area contributed by atoms with Gasteiger partial charge in [0.25, 0.3) is 0 Å². The van der Waals surface area contributed by atoms with Crippen molar-refractivity contribution < 1.29 is 58.5 Å². The molecule has 0 saturated heterocycles. The van der Waals surface area contributed by atoms with Crippen LogP contribution in [0.5, 0.6) is 11.5 Å². The van der Waals surface area contributed by atoms with Crippen LogP contribution in [-0.2, 0) is 77.0 Å². The second kappa shape index (κ2) is 29.3. The molecule has 0 spiro atoms. The number of unbranched alkanes of at least 4 members (excludes halogenated alkanes) is 1. The highest BCUT2D eigenvalue weighted by Crippen LogP contribution is 2.17. The number of aliphatic hydroxyl groups is 1. The molecule has 0 aliphatic carbocycles. The Labute approximate surface area is 470 Å². The predicted octanol–water partition coefficient (Wildman–Crippen LogP) is -1.25. The summed E-state index contributed by atoms with van der Waals surface area (Å²) in [5.41, 5.74) is 19.3. The summed E-state index contributed by atoms with van der Waals surface area (Å²) in [6, 6.07) is 13.3. The van der Waals surface area contributed by atoms with Crippen LogP contribution in [0.3, 0.4) is 0 Å². The van der Waals surface area contributed by atoms with Gasteiger partial charge >= 0.3 is 0 Å². The lowest BCUT2D eigenvalue weighted by molar-refractivity contribution is -0.137. The van der Waals surface area contributed by atoms with E-state index in [0.717, 1.165) is 10.2 Å². The summed E-state index contributed by atoms with van der Waals surface area (Å²) in [6.45, 7) is 0.865. The molecule has 6 rings (SSSR count). The number of hydrogen-bond acceptors (Lipinski definition) is 15. The van der Waals surface area contributed by atoms with Gasteiger partial charge in [0.1, 0.15) is 53.8 Å². The first-order valence-corrected chi connectivity index (χ1v) is 26.4. The van der Waals surface area contributed by atoms with Gasteiger partial charge in [0, 0.05) is 48.9 Å². The topological polar surface area (TPSA) is 407 Å². The highest BCUT2D eigenvalue weighted by atomic mass is 35.5. The number of aromatic nitrogens is 3. The van der Waals surface area contributed by atoms with Crippen molar-refractivity contribution >= 4 is 64.8 Å². The van der Waals surface area contributed by atoms with Crippen molar-refractivity contribution in [1.29, 1.82) is 0 Å². The molecule has 4 aromatic carbocycles. The van der Waals surface area contributed by atoms with Crippen molar-refractivity contribution in [3.63, 3.8) is 0 Å². The molecule has 0 fully saturated rings. The van der Waals surface area contributed by atoms with Gasteiger partial charge in [-0.3, -0.25) is 43.2 Å². The molecule has 5 aromatic rings. The van der Waals surface area contributed by atoms with Crippen LogP contribution < -0.4 is 54.4 Å². The smallest absolute Gasteiger partial charge is 0.248 e. The van der Waals surface area contributed by atoms with Gasteiger partial charge in [-0.05, 0) is 110 Å². The van der Waals surface area contributed by atoms with E-state index in [1.807, 2.05) is 0 Å². The van der Waals surface area contributed by atoms with Crippen LogP contribution in [0.4, 0.5) is 0 Å². The summed E-state index contributed by atoms with van der Waals surface area (Å²) >= 11 is 6.07. The summed E-state index contributed by atoms with van der Waals surface area (Å²) < 4.78 is 1.13. The number of carbonyl (C=O) groups excluding carboxylic acids is 9. The zero-order valence-electron chi connectivity index (χ0n) is 44.2. The lowest BCUT2D eigenvalue weighted by Crippen LogP contribution is -2.62. The molecule has 1 aromatic heterocycles. The molecule has 16 N–H and O–H groups in total. The first-order valence-electron chi connectivity index (χ1n) is 26.0. The fourth-order valence-electron chi connectivity index (χ4n) is 8.69. The maximum absolute atomic E-state index is 14.8. The van der Waals surface area contributed by atoms with Crippen molar-refractivity contribution in [2.45, 2.75) is 120 Å².